The maximum Gasteiger partial charge on any atom is 0.160 e. The van der Waals surface area contributed by atoms with E-state index in [1.165, 1.54) is 70.4 Å². The van der Waals surface area contributed by atoms with E-state index in [1.807, 2.05) is 0 Å². The summed E-state index contributed by atoms with van der Waals surface area (Å²) in [4.78, 5) is 11.0. The second-order valence-electron chi connectivity index (χ2n) is 19.0. The Hall–Kier alpha value is -9.64. The fourth-order valence-corrected chi connectivity index (χ4v) is 11.5. The van der Waals surface area contributed by atoms with Crippen molar-refractivity contribution >= 4 is 86.7 Å². The third kappa shape index (κ3) is 6.40. The largest absolute Gasteiger partial charge is 0.309 e. The maximum absolute atomic E-state index is 5.48. The molecule has 4 heteroatoms. The molecule has 0 N–H and O–H groups in total. The normalized spacial score (nSPS) is 11.9. The predicted octanol–water partition coefficient (Wildman–Crippen LogP) is 18.0. The van der Waals surface area contributed by atoms with Crippen LogP contribution in [0.2, 0.25) is 0 Å². The van der Waals surface area contributed by atoms with Crippen molar-refractivity contribution in [2.45, 2.75) is 0 Å². The number of hydrogen-bond acceptors (Lipinski definition) is 2. The van der Waals surface area contributed by atoms with Gasteiger partial charge in [0.1, 0.15) is 0 Å². The summed E-state index contributed by atoms with van der Waals surface area (Å²) in [5.74, 6) is 0.678. The molecule has 0 aliphatic heterocycles. The summed E-state index contributed by atoms with van der Waals surface area (Å²) in [7, 11) is 0. The Morgan fingerprint density at radius 3 is 1.21 bits per heavy atom. The summed E-state index contributed by atoms with van der Waals surface area (Å²) in [5.41, 5.74) is 14.0. The SMILES string of the molecule is c1cc(-c2ccc3c4ccccc4n(-c4cccc(-n5c6ccccc6c6ccccc65)c4)c3c2)cc(-c2nc(-c3cccc4cc5ccccc5cc34)cc(-c3cccc4cc5ccccc5cc34)n2)c1. The van der Waals surface area contributed by atoms with Crippen LogP contribution in [0.15, 0.2) is 255 Å². The molecule has 4 nitrogen and oxygen atoms in total. The Balaban J connectivity index is 0.901. The number of rotatable bonds is 6. The number of hydrogen-bond donors (Lipinski definition) is 0. The van der Waals surface area contributed by atoms with Crippen molar-refractivity contribution in [3.63, 3.8) is 0 Å². The fraction of sp³-hybridized carbons (Fsp3) is 0. The van der Waals surface area contributed by atoms with E-state index >= 15 is 0 Å². The first-order valence-electron chi connectivity index (χ1n) is 24.6. The average Bonchev–Trinajstić information content (AvgIpc) is 3.96. The van der Waals surface area contributed by atoms with Crippen LogP contribution in [0, 0.1) is 0 Å². The lowest BCUT2D eigenvalue weighted by molar-refractivity contribution is 1.13. The van der Waals surface area contributed by atoms with Gasteiger partial charge in [0, 0.05) is 49.6 Å². The number of nitrogens with zero attached hydrogens (tertiary/aromatic N) is 4. The van der Waals surface area contributed by atoms with Crippen molar-refractivity contribution in [1.29, 1.82) is 0 Å². The first kappa shape index (κ1) is 40.3. The molecule has 334 valence electrons. The zero-order chi connectivity index (χ0) is 47.3. The lowest BCUT2D eigenvalue weighted by Crippen LogP contribution is -1.98. The Morgan fingerprint density at radius 2 is 0.653 bits per heavy atom. The molecule has 0 aliphatic carbocycles. The van der Waals surface area contributed by atoms with Crippen LogP contribution < -0.4 is 0 Å². The lowest BCUT2D eigenvalue weighted by Gasteiger charge is -2.14. The highest BCUT2D eigenvalue weighted by Crippen LogP contribution is 2.40. The van der Waals surface area contributed by atoms with E-state index in [0.717, 1.165) is 66.9 Å². The van der Waals surface area contributed by atoms with Gasteiger partial charge in [0.25, 0.3) is 0 Å². The van der Waals surface area contributed by atoms with Crippen molar-refractivity contribution in [3.8, 4) is 56.4 Å². The third-order valence-corrected chi connectivity index (χ3v) is 14.8. The van der Waals surface area contributed by atoms with Crippen LogP contribution in [0.5, 0.6) is 0 Å². The number of fused-ring (bicyclic) bond motifs is 10. The molecule has 0 spiro atoms. The van der Waals surface area contributed by atoms with Gasteiger partial charge in [0.15, 0.2) is 5.82 Å². The molecule has 0 unspecified atom stereocenters. The summed E-state index contributed by atoms with van der Waals surface area (Å²) in [6, 6.07) is 92.4. The monoisotopic (exact) mass is 914 g/mol. The van der Waals surface area contributed by atoms with Gasteiger partial charge in [-0.3, -0.25) is 0 Å². The van der Waals surface area contributed by atoms with Crippen LogP contribution in [0.3, 0.4) is 0 Å². The van der Waals surface area contributed by atoms with Gasteiger partial charge in [0.05, 0.1) is 33.5 Å². The van der Waals surface area contributed by atoms with Crippen molar-refractivity contribution in [2.24, 2.45) is 0 Å². The molecule has 0 saturated carbocycles. The minimum Gasteiger partial charge on any atom is -0.309 e. The molecular formula is C68H42N4. The molecule has 3 aromatic heterocycles. The molecule has 72 heavy (non-hydrogen) atoms. The van der Waals surface area contributed by atoms with Crippen molar-refractivity contribution in [1.82, 2.24) is 19.1 Å². The molecule has 15 rings (SSSR count). The zero-order valence-electron chi connectivity index (χ0n) is 39.0. The summed E-state index contributed by atoms with van der Waals surface area (Å²) >= 11 is 0. The van der Waals surface area contributed by atoms with E-state index in [-0.39, 0.29) is 0 Å². The minimum absolute atomic E-state index is 0.678. The highest BCUT2D eigenvalue weighted by molar-refractivity contribution is 6.12. The van der Waals surface area contributed by atoms with E-state index in [1.54, 1.807) is 0 Å². The van der Waals surface area contributed by atoms with E-state index in [2.05, 4.69) is 264 Å². The first-order chi connectivity index (χ1) is 35.7. The minimum atomic E-state index is 0.678. The van der Waals surface area contributed by atoms with Gasteiger partial charge < -0.3 is 9.13 Å². The maximum atomic E-state index is 5.48. The highest BCUT2D eigenvalue weighted by Gasteiger charge is 2.19. The molecule has 0 aliphatic rings. The van der Waals surface area contributed by atoms with Gasteiger partial charge in [0.2, 0.25) is 0 Å². The van der Waals surface area contributed by atoms with E-state index < -0.39 is 0 Å². The van der Waals surface area contributed by atoms with Crippen LogP contribution in [0.4, 0.5) is 0 Å². The van der Waals surface area contributed by atoms with Crippen LogP contribution in [-0.2, 0) is 0 Å². The molecule has 0 amide bonds. The zero-order valence-corrected chi connectivity index (χ0v) is 39.0. The standard InChI is InChI=1S/C68H42N4/c1-3-17-46-38-60-49(35-43(46)15-1)20-12-28-54(60)62-42-63(55-29-13-21-50-36-44-16-2-4-18-47(44)39-61(50)55)70-68(69-62)51-22-11-19-45(37-51)48-33-34-59-58-27-7-10-32-66(58)72(67(59)40-48)53-24-14-23-52(41-53)71-64-30-8-5-25-56(64)57-26-6-9-31-65(57)71/h1-42H. The number of para-hydroxylation sites is 3. The fourth-order valence-electron chi connectivity index (χ4n) is 11.5. The summed E-state index contributed by atoms with van der Waals surface area (Å²) in [6.45, 7) is 0. The van der Waals surface area contributed by atoms with Crippen LogP contribution in [-0.4, -0.2) is 19.1 Å². The Kier molecular flexibility index (Phi) is 8.92. The second-order valence-corrected chi connectivity index (χ2v) is 19.0. The molecule has 0 saturated heterocycles. The van der Waals surface area contributed by atoms with E-state index in [0.29, 0.717) is 5.82 Å². The summed E-state index contributed by atoms with van der Waals surface area (Å²) in [6.07, 6.45) is 0. The quantitative estimate of drug-likeness (QED) is 0.156. The van der Waals surface area contributed by atoms with Gasteiger partial charge in [-0.1, -0.05) is 176 Å². The van der Waals surface area contributed by atoms with Gasteiger partial charge >= 0.3 is 0 Å². The molecule has 0 atom stereocenters. The molecular weight excluding hydrogens is 873 g/mol. The van der Waals surface area contributed by atoms with Gasteiger partial charge in [-0.15, -0.1) is 0 Å². The van der Waals surface area contributed by atoms with E-state index in [9.17, 15) is 0 Å². The molecule has 15 aromatic rings. The second kappa shape index (κ2) is 16.0. The van der Waals surface area contributed by atoms with Crippen molar-refractivity contribution in [3.05, 3.63) is 255 Å². The van der Waals surface area contributed by atoms with Crippen LogP contribution in [0.1, 0.15) is 0 Å². The Bertz CT molecular complexity index is 4520. The first-order valence-corrected chi connectivity index (χ1v) is 24.6. The molecule has 0 bridgehead atoms. The topological polar surface area (TPSA) is 35.6 Å². The smallest absolute Gasteiger partial charge is 0.160 e. The number of benzene rings is 12. The molecule has 0 fully saturated rings. The van der Waals surface area contributed by atoms with Crippen molar-refractivity contribution < 1.29 is 0 Å². The van der Waals surface area contributed by atoms with Gasteiger partial charge in [-0.05, 0) is 133 Å². The average molecular weight is 915 g/mol. The number of aromatic nitrogens is 4. The Labute approximate surface area is 415 Å². The molecule has 12 aromatic carbocycles. The van der Waals surface area contributed by atoms with Crippen molar-refractivity contribution in [2.75, 3.05) is 0 Å². The van der Waals surface area contributed by atoms with E-state index in [4.69, 9.17) is 9.97 Å². The van der Waals surface area contributed by atoms with Crippen LogP contribution in [0.25, 0.3) is 143 Å². The molecule has 0 radical (unpaired) electrons. The lowest BCUT2D eigenvalue weighted by atomic mass is 9.95. The predicted molar refractivity (Wildman–Crippen MR) is 302 cm³/mol. The highest BCUT2D eigenvalue weighted by atomic mass is 15.0. The van der Waals surface area contributed by atoms with Gasteiger partial charge in [-0.25, -0.2) is 9.97 Å². The van der Waals surface area contributed by atoms with Gasteiger partial charge in [-0.2, -0.15) is 0 Å². The molecule has 3 heterocycles. The summed E-state index contributed by atoms with van der Waals surface area (Å²) < 4.78 is 4.82. The summed E-state index contributed by atoms with van der Waals surface area (Å²) in [5, 5.41) is 14.4. The third-order valence-electron chi connectivity index (χ3n) is 14.8. The Morgan fingerprint density at radius 1 is 0.236 bits per heavy atom. The van der Waals surface area contributed by atoms with Crippen LogP contribution >= 0.6 is 0 Å².